The lowest BCUT2D eigenvalue weighted by Crippen LogP contribution is -2.02. The minimum Gasteiger partial charge on any atom is -0.343 e. The van der Waals surface area contributed by atoms with Gasteiger partial charge in [0.1, 0.15) is 0 Å². The van der Waals surface area contributed by atoms with Crippen molar-refractivity contribution in [3.63, 3.8) is 0 Å². The molecule has 0 aliphatic carbocycles. The molecule has 3 heteroatoms. The number of nitrogens with zero attached hydrogens (tertiary/aromatic N) is 1. The minimum absolute atomic E-state index is 0.691. The van der Waals surface area contributed by atoms with Crippen molar-refractivity contribution < 1.29 is 0 Å². The molecule has 1 aromatic heterocycles. The lowest BCUT2D eigenvalue weighted by atomic mass is 10.1. The van der Waals surface area contributed by atoms with Crippen LogP contribution in [0.1, 0.15) is 11.1 Å². The van der Waals surface area contributed by atoms with Crippen molar-refractivity contribution in [1.29, 1.82) is 0 Å². The van der Waals surface area contributed by atoms with Gasteiger partial charge in [0.05, 0.1) is 0 Å². The summed E-state index contributed by atoms with van der Waals surface area (Å²) in [5.41, 5.74) is 9.40. The van der Waals surface area contributed by atoms with Crippen LogP contribution >= 0.6 is 11.6 Å². The summed E-state index contributed by atoms with van der Waals surface area (Å²) in [6, 6.07) is 16.7. The second kappa shape index (κ2) is 5.70. The standard InChI is InChI=1S/C17H17ClN2/c18-16-4-1-14(2-5-16)12-20-10-8-15-11-13(7-9-19)3-6-17(15)20/h1-6,8,10-11H,7,9,12,19H2. The van der Waals surface area contributed by atoms with Crippen molar-refractivity contribution in [3.05, 3.63) is 70.9 Å². The van der Waals surface area contributed by atoms with E-state index < -0.39 is 0 Å². The molecule has 2 nitrogen and oxygen atoms in total. The van der Waals surface area contributed by atoms with Gasteiger partial charge in [-0.2, -0.15) is 0 Å². The summed E-state index contributed by atoms with van der Waals surface area (Å²) in [6.07, 6.45) is 3.06. The highest BCUT2D eigenvalue weighted by atomic mass is 35.5. The van der Waals surface area contributed by atoms with Crippen LogP contribution in [0.4, 0.5) is 0 Å². The second-order valence-electron chi connectivity index (χ2n) is 5.00. The fourth-order valence-electron chi connectivity index (χ4n) is 2.50. The first-order valence-corrected chi connectivity index (χ1v) is 7.16. The van der Waals surface area contributed by atoms with Crippen LogP contribution in [-0.2, 0) is 13.0 Å². The molecule has 0 radical (unpaired) electrons. The number of hydrogen-bond acceptors (Lipinski definition) is 1. The molecule has 102 valence electrons. The molecule has 0 atom stereocenters. The monoisotopic (exact) mass is 284 g/mol. The number of halogens is 1. The number of nitrogens with two attached hydrogens (primary N) is 1. The first kappa shape index (κ1) is 13.2. The normalized spacial score (nSPS) is 11.1. The van der Waals surface area contributed by atoms with E-state index in [1.807, 2.05) is 12.1 Å². The van der Waals surface area contributed by atoms with Crippen molar-refractivity contribution in [1.82, 2.24) is 4.57 Å². The quantitative estimate of drug-likeness (QED) is 0.775. The van der Waals surface area contributed by atoms with Crippen LogP contribution in [-0.4, -0.2) is 11.1 Å². The fraction of sp³-hybridized carbons (Fsp3) is 0.176. The van der Waals surface area contributed by atoms with Gasteiger partial charge < -0.3 is 10.3 Å². The van der Waals surface area contributed by atoms with E-state index in [1.165, 1.54) is 22.0 Å². The lowest BCUT2D eigenvalue weighted by Gasteiger charge is -2.07. The molecular formula is C17H17ClN2. The number of fused-ring (bicyclic) bond motifs is 1. The largest absolute Gasteiger partial charge is 0.343 e. The van der Waals surface area contributed by atoms with E-state index in [0.717, 1.165) is 18.0 Å². The van der Waals surface area contributed by atoms with Crippen molar-refractivity contribution in [2.45, 2.75) is 13.0 Å². The summed E-state index contributed by atoms with van der Waals surface area (Å²) in [5, 5.41) is 2.04. The zero-order valence-corrected chi connectivity index (χ0v) is 12.0. The van der Waals surface area contributed by atoms with Crippen LogP contribution in [0.15, 0.2) is 54.7 Å². The molecule has 3 rings (SSSR count). The first-order valence-electron chi connectivity index (χ1n) is 6.78. The Bertz CT molecular complexity index is 713. The summed E-state index contributed by atoms with van der Waals surface area (Å²) in [4.78, 5) is 0. The molecule has 0 saturated heterocycles. The van der Waals surface area contributed by atoms with Gasteiger partial charge in [0, 0.05) is 23.3 Å². The fourth-order valence-corrected chi connectivity index (χ4v) is 2.62. The maximum Gasteiger partial charge on any atom is 0.0483 e. The van der Waals surface area contributed by atoms with Gasteiger partial charge in [0.25, 0.3) is 0 Å². The number of benzene rings is 2. The average Bonchev–Trinajstić information content (AvgIpc) is 2.84. The highest BCUT2D eigenvalue weighted by Gasteiger charge is 2.03. The number of hydrogen-bond donors (Lipinski definition) is 1. The molecular weight excluding hydrogens is 268 g/mol. The van der Waals surface area contributed by atoms with E-state index in [1.54, 1.807) is 0 Å². The van der Waals surface area contributed by atoms with E-state index in [2.05, 4.69) is 47.2 Å². The van der Waals surface area contributed by atoms with Gasteiger partial charge in [0.2, 0.25) is 0 Å². The summed E-state index contributed by atoms with van der Waals surface area (Å²) in [7, 11) is 0. The summed E-state index contributed by atoms with van der Waals surface area (Å²) in [6.45, 7) is 1.55. The molecule has 0 saturated carbocycles. The topological polar surface area (TPSA) is 30.9 Å². The summed E-state index contributed by atoms with van der Waals surface area (Å²) >= 11 is 5.92. The Morgan fingerprint density at radius 3 is 2.45 bits per heavy atom. The van der Waals surface area contributed by atoms with Crippen LogP contribution in [0, 0.1) is 0 Å². The summed E-state index contributed by atoms with van der Waals surface area (Å²) < 4.78 is 2.25. The Morgan fingerprint density at radius 1 is 0.950 bits per heavy atom. The third-order valence-corrected chi connectivity index (χ3v) is 3.79. The predicted octanol–water partition coefficient (Wildman–Crippen LogP) is 3.84. The third kappa shape index (κ3) is 2.72. The Kier molecular flexibility index (Phi) is 3.77. The summed E-state index contributed by atoms with van der Waals surface area (Å²) in [5.74, 6) is 0. The Morgan fingerprint density at radius 2 is 1.70 bits per heavy atom. The van der Waals surface area contributed by atoms with Crippen LogP contribution in [0.2, 0.25) is 5.02 Å². The molecule has 2 N–H and O–H groups in total. The van der Waals surface area contributed by atoms with E-state index in [-0.39, 0.29) is 0 Å². The van der Waals surface area contributed by atoms with E-state index >= 15 is 0 Å². The number of aromatic nitrogens is 1. The van der Waals surface area contributed by atoms with Gasteiger partial charge in [-0.05, 0) is 59.8 Å². The van der Waals surface area contributed by atoms with E-state index in [4.69, 9.17) is 17.3 Å². The van der Waals surface area contributed by atoms with E-state index in [9.17, 15) is 0 Å². The molecule has 0 amide bonds. The molecule has 0 aliphatic heterocycles. The predicted molar refractivity (Wildman–Crippen MR) is 85.3 cm³/mol. The highest BCUT2D eigenvalue weighted by molar-refractivity contribution is 6.30. The van der Waals surface area contributed by atoms with Gasteiger partial charge in [0.15, 0.2) is 0 Å². The Labute approximate surface area is 123 Å². The van der Waals surface area contributed by atoms with Crippen molar-refractivity contribution in [2.24, 2.45) is 5.73 Å². The van der Waals surface area contributed by atoms with Crippen molar-refractivity contribution >= 4 is 22.5 Å². The SMILES string of the molecule is NCCc1ccc2c(ccn2Cc2ccc(Cl)cc2)c1. The molecule has 3 aromatic rings. The van der Waals surface area contributed by atoms with Gasteiger partial charge >= 0.3 is 0 Å². The van der Waals surface area contributed by atoms with Crippen LogP contribution in [0.5, 0.6) is 0 Å². The first-order chi connectivity index (χ1) is 9.76. The molecule has 20 heavy (non-hydrogen) atoms. The molecule has 0 unspecified atom stereocenters. The number of rotatable bonds is 4. The lowest BCUT2D eigenvalue weighted by molar-refractivity contribution is 0.836. The maximum atomic E-state index is 5.92. The van der Waals surface area contributed by atoms with Crippen LogP contribution < -0.4 is 5.73 Å². The van der Waals surface area contributed by atoms with E-state index in [0.29, 0.717) is 6.54 Å². The molecule has 1 heterocycles. The zero-order chi connectivity index (χ0) is 13.9. The average molecular weight is 285 g/mol. The molecule has 0 spiro atoms. The van der Waals surface area contributed by atoms with Gasteiger partial charge in [-0.15, -0.1) is 0 Å². The smallest absolute Gasteiger partial charge is 0.0483 e. The third-order valence-electron chi connectivity index (χ3n) is 3.53. The maximum absolute atomic E-state index is 5.92. The van der Waals surface area contributed by atoms with Gasteiger partial charge in [-0.1, -0.05) is 29.8 Å². The Hall–Kier alpha value is -1.77. The molecule has 2 aromatic carbocycles. The van der Waals surface area contributed by atoms with Crippen LogP contribution in [0.25, 0.3) is 10.9 Å². The highest BCUT2D eigenvalue weighted by Crippen LogP contribution is 2.20. The van der Waals surface area contributed by atoms with Gasteiger partial charge in [-0.3, -0.25) is 0 Å². The molecule has 0 fully saturated rings. The van der Waals surface area contributed by atoms with Crippen molar-refractivity contribution in [2.75, 3.05) is 6.54 Å². The molecule has 0 aliphatic rings. The minimum atomic E-state index is 0.691. The van der Waals surface area contributed by atoms with Crippen molar-refractivity contribution in [3.8, 4) is 0 Å². The zero-order valence-electron chi connectivity index (χ0n) is 11.2. The molecule has 0 bridgehead atoms. The van der Waals surface area contributed by atoms with Gasteiger partial charge in [-0.25, -0.2) is 0 Å². The Balaban J connectivity index is 1.90. The van der Waals surface area contributed by atoms with Crippen LogP contribution in [0.3, 0.4) is 0 Å². The second-order valence-corrected chi connectivity index (χ2v) is 5.44.